The van der Waals surface area contributed by atoms with E-state index in [1.165, 1.54) is 24.9 Å². The number of hydrogen-bond acceptors (Lipinski definition) is 4. The quantitative estimate of drug-likeness (QED) is 0.749. The van der Waals surface area contributed by atoms with E-state index in [-0.39, 0.29) is 16.6 Å². The van der Waals surface area contributed by atoms with Crippen molar-refractivity contribution in [2.45, 2.75) is 17.6 Å². The van der Waals surface area contributed by atoms with Crippen LogP contribution in [0.2, 0.25) is 5.02 Å². The minimum atomic E-state index is -3.57. The molecule has 0 saturated carbocycles. The number of nitrogens with one attached hydrogen (secondary N) is 2. The van der Waals surface area contributed by atoms with Gasteiger partial charge in [0.2, 0.25) is 15.9 Å². The molecule has 0 unspecified atom stereocenters. The molecule has 0 saturated heterocycles. The lowest BCUT2D eigenvalue weighted by molar-refractivity contribution is -0.113. The van der Waals surface area contributed by atoms with Gasteiger partial charge >= 0.3 is 0 Å². The van der Waals surface area contributed by atoms with E-state index < -0.39 is 10.0 Å². The molecule has 0 radical (unpaired) electrons. The van der Waals surface area contributed by atoms with Crippen LogP contribution in [-0.4, -0.2) is 27.1 Å². The molecule has 0 atom stereocenters. The van der Waals surface area contributed by atoms with Crippen molar-refractivity contribution in [2.75, 3.05) is 18.1 Å². The molecule has 0 aliphatic heterocycles. The normalized spacial score (nSPS) is 11.3. The van der Waals surface area contributed by atoms with Crippen LogP contribution in [0.4, 0.5) is 5.69 Å². The van der Waals surface area contributed by atoms with E-state index in [0.717, 1.165) is 5.56 Å². The number of hydrogen-bond donors (Lipinski definition) is 2. The maximum atomic E-state index is 12.1. The van der Waals surface area contributed by atoms with E-state index in [1.54, 1.807) is 19.1 Å². The Labute approximate surface area is 157 Å². The number of carbonyl (C=O) groups is 1. The molecule has 0 bridgehead atoms. The van der Waals surface area contributed by atoms with Crippen LogP contribution < -0.4 is 10.0 Å². The lowest BCUT2D eigenvalue weighted by Gasteiger charge is -2.10. The molecule has 0 spiro atoms. The highest BCUT2D eigenvalue weighted by Gasteiger charge is 2.15. The number of halogens is 1. The molecule has 2 aromatic carbocycles. The summed E-state index contributed by atoms with van der Waals surface area (Å²) in [5.74, 6) is 0.668. The molecule has 2 N–H and O–H groups in total. The van der Waals surface area contributed by atoms with Crippen molar-refractivity contribution in [3.05, 3.63) is 58.6 Å². The first-order valence-corrected chi connectivity index (χ1v) is 10.5. The molecular formula is C17H19ClN2O3S2. The Hall–Kier alpha value is -1.54. The molecule has 2 rings (SSSR count). The summed E-state index contributed by atoms with van der Waals surface area (Å²) in [5, 5.41) is 3.40. The standard InChI is InChI=1S/C17H19ClN2O3S2/c1-12-7-8-14(9-16(12)25(22,23)19-2)20-17(21)11-24-10-13-5-3-4-6-15(13)18/h3-9,19H,10-11H2,1-2H3,(H,20,21). The highest BCUT2D eigenvalue weighted by molar-refractivity contribution is 7.99. The van der Waals surface area contributed by atoms with Gasteiger partial charge in [-0.3, -0.25) is 4.79 Å². The van der Waals surface area contributed by atoms with E-state index in [2.05, 4.69) is 10.0 Å². The molecule has 0 heterocycles. The number of sulfonamides is 1. The molecule has 2 aromatic rings. The van der Waals surface area contributed by atoms with Crippen molar-refractivity contribution >= 4 is 45.0 Å². The second kappa shape index (κ2) is 8.71. The molecule has 1 amide bonds. The Morgan fingerprint density at radius 2 is 1.92 bits per heavy atom. The van der Waals surface area contributed by atoms with Gasteiger partial charge in [-0.1, -0.05) is 35.9 Å². The van der Waals surface area contributed by atoms with Crippen LogP contribution in [0.15, 0.2) is 47.4 Å². The molecular weight excluding hydrogens is 380 g/mol. The lowest BCUT2D eigenvalue weighted by Crippen LogP contribution is -2.20. The van der Waals surface area contributed by atoms with Crippen LogP contribution in [0.3, 0.4) is 0 Å². The van der Waals surface area contributed by atoms with Gasteiger partial charge in [0.1, 0.15) is 0 Å². The van der Waals surface area contributed by atoms with E-state index >= 15 is 0 Å². The Morgan fingerprint density at radius 3 is 2.60 bits per heavy atom. The Balaban J connectivity index is 1.97. The minimum absolute atomic E-state index is 0.150. The van der Waals surface area contributed by atoms with Crippen molar-refractivity contribution < 1.29 is 13.2 Å². The minimum Gasteiger partial charge on any atom is -0.325 e. The van der Waals surface area contributed by atoms with E-state index in [4.69, 9.17) is 11.6 Å². The predicted octanol–water partition coefficient (Wildman–Crippen LogP) is 3.43. The summed E-state index contributed by atoms with van der Waals surface area (Å²) in [7, 11) is -2.21. The van der Waals surface area contributed by atoms with Crippen LogP contribution >= 0.6 is 23.4 Å². The first-order valence-electron chi connectivity index (χ1n) is 7.48. The molecule has 0 aliphatic carbocycles. The average molecular weight is 399 g/mol. The zero-order chi connectivity index (χ0) is 18.4. The summed E-state index contributed by atoms with van der Waals surface area (Å²) < 4.78 is 26.2. The van der Waals surface area contributed by atoms with E-state index in [0.29, 0.717) is 22.0 Å². The number of aryl methyl sites for hydroxylation is 1. The Kier molecular flexibility index (Phi) is 6.89. The molecule has 25 heavy (non-hydrogen) atoms. The Morgan fingerprint density at radius 1 is 1.20 bits per heavy atom. The van der Waals surface area contributed by atoms with Crippen molar-refractivity contribution in [1.82, 2.24) is 4.72 Å². The largest absolute Gasteiger partial charge is 0.325 e. The number of anilines is 1. The van der Waals surface area contributed by atoms with Crippen molar-refractivity contribution in [3.63, 3.8) is 0 Å². The number of benzene rings is 2. The number of thioether (sulfide) groups is 1. The van der Waals surface area contributed by atoms with Crippen LogP contribution in [0.1, 0.15) is 11.1 Å². The summed E-state index contributed by atoms with van der Waals surface area (Å²) >= 11 is 7.52. The van der Waals surface area contributed by atoms with Gasteiger partial charge in [0.25, 0.3) is 0 Å². The van der Waals surface area contributed by atoms with Crippen LogP contribution in [-0.2, 0) is 20.6 Å². The summed E-state index contributed by atoms with van der Waals surface area (Å²) in [5.41, 5.74) is 2.03. The maximum absolute atomic E-state index is 12.1. The number of carbonyl (C=O) groups excluding carboxylic acids is 1. The van der Waals surface area contributed by atoms with Gasteiger partial charge in [0.15, 0.2) is 0 Å². The van der Waals surface area contributed by atoms with Gasteiger partial charge in [-0.2, -0.15) is 0 Å². The third-order valence-electron chi connectivity index (χ3n) is 3.48. The lowest BCUT2D eigenvalue weighted by atomic mass is 10.2. The highest BCUT2D eigenvalue weighted by Crippen LogP contribution is 2.22. The third-order valence-corrected chi connectivity index (χ3v) is 6.39. The van der Waals surface area contributed by atoms with Crippen molar-refractivity contribution in [3.8, 4) is 0 Å². The molecule has 8 heteroatoms. The highest BCUT2D eigenvalue weighted by atomic mass is 35.5. The molecule has 134 valence electrons. The van der Waals surface area contributed by atoms with Crippen molar-refractivity contribution in [2.24, 2.45) is 0 Å². The van der Waals surface area contributed by atoms with Crippen LogP contribution in [0.25, 0.3) is 0 Å². The fourth-order valence-electron chi connectivity index (χ4n) is 2.14. The molecule has 5 nitrogen and oxygen atoms in total. The van der Waals surface area contributed by atoms with Gasteiger partial charge in [0, 0.05) is 16.5 Å². The Bertz CT molecular complexity index is 870. The zero-order valence-corrected chi connectivity index (χ0v) is 16.3. The number of rotatable bonds is 7. The first-order chi connectivity index (χ1) is 11.8. The summed E-state index contributed by atoms with van der Waals surface area (Å²) in [6, 6.07) is 12.3. The van der Waals surface area contributed by atoms with Gasteiger partial charge < -0.3 is 5.32 Å². The third kappa shape index (κ3) is 5.47. The maximum Gasteiger partial charge on any atom is 0.240 e. The van der Waals surface area contributed by atoms with Gasteiger partial charge in [-0.15, -0.1) is 11.8 Å². The van der Waals surface area contributed by atoms with Gasteiger partial charge in [0.05, 0.1) is 10.6 Å². The predicted molar refractivity (Wildman–Crippen MR) is 104 cm³/mol. The zero-order valence-electron chi connectivity index (χ0n) is 13.9. The topological polar surface area (TPSA) is 75.3 Å². The fourth-order valence-corrected chi connectivity index (χ4v) is 4.25. The van der Waals surface area contributed by atoms with E-state index in [1.807, 2.05) is 24.3 Å². The fraction of sp³-hybridized carbons (Fsp3) is 0.235. The average Bonchev–Trinajstić information content (AvgIpc) is 2.58. The monoisotopic (exact) mass is 398 g/mol. The molecule has 0 aromatic heterocycles. The second-order valence-corrected chi connectivity index (χ2v) is 8.57. The number of amides is 1. The van der Waals surface area contributed by atoms with Crippen molar-refractivity contribution in [1.29, 1.82) is 0 Å². The smallest absolute Gasteiger partial charge is 0.240 e. The van der Waals surface area contributed by atoms with Gasteiger partial charge in [-0.05, 0) is 43.3 Å². The first kappa shape index (κ1) is 19.8. The summed E-state index contributed by atoms with van der Waals surface area (Å²) in [6.45, 7) is 1.70. The summed E-state index contributed by atoms with van der Waals surface area (Å²) in [4.78, 5) is 12.2. The summed E-state index contributed by atoms with van der Waals surface area (Å²) in [6.07, 6.45) is 0. The van der Waals surface area contributed by atoms with Crippen LogP contribution in [0, 0.1) is 6.92 Å². The van der Waals surface area contributed by atoms with E-state index in [9.17, 15) is 13.2 Å². The molecule has 0 aliphatic rings. The SMILES string of the molecule is CNS(=O)(=O)c1cc(NC(=O)CSCc2ccccc2Cl)ccc1C. The second-order valence-electron chi connectivity index (χ2n) is 5.32. The van der Waals surface area contributed by atoms with Gasteiger partial charge in [-0.25, -0.2) is 13.1 Å². The van der Waals surface area contributed by atoms with Crippen LogP contribution in [0.5, 0.6) is 0 Å². The molecule has 0 fully saturated rings.